The first-order valence-corrected chi connectivity index (χ1v) is 7.80. The molecule has 1 saturated carbocycles. The second kappa shape index (κ2) is 4.57. The van der Waals surface area contributed by atoms with E-state index in [-0.39, 0.29) is 12.1 Å². The summed E-state index contributed by atoms with van der Waals surface area (Å²) in [4.78, 5) is 0. The van der Waals surface area contributed by atoms with Gasteiger partial charge in [0.1, 0.15) is 0 Å². The molecule has 2 aliphatic rings. The van der Waals surface area contributed by atoms with E-state index in [2.05, 4.69) is 52.0 Å². The van der Waals surface area contributed by atoms with Gasteiger partial charge in [-0.2, -0.15) is 0 Å². The first kappa shape index (κ1) is 14.1. The van der Waals surface area contributed by atoms with Crippen molar-refractivity contribution in [3.63, 3.8) is 0 Å². The molecule has 20 heavy (non-hydrogen) atoms. The third kappa shape index (κ3) is 2.01. The van der Waals surface area contributed by atoms with Crippen molar-refractivity contribution in [2.75, 3.05) is 6.61 Å². The maximum atomic E-state index is 6.54. The highest BCUT2D eigenvalue weighted by Crippen LogP contribution is 2.69. The van der Waals surface area contributed by atoms with Crippen LogP contribution in [-0.2, 0) is 11.2 Å². The lowest BCUT2D eigenvalue weighted by Crippen LogP contribution is -2.30. The van der Waals surface area contributed by atoms with E-state index in [1.54, 1.807) is 0 Å². The van der Waals surface area contributed by atoms with Gasteiger partial charge >= 0.3 is 0 Å². The van der Waals surface area contributed by atoms with Crippen molar-refractivity contribution in [1.29, 1.82) is 0 Å². The number of hydrogen-bond acceptors (Lipinski definition) is 2. The number of rotatable bonds is 3. The zero-order valence-electron chi connectivity index (χ0n) is 13.1. The second-order valence-electron chi connectivity index (χ2n) is 7.63. The maximum Gasteiger partial charge on any atom is 0.0842 e. The van der Waals surface area contributed by atoms with Crippen molar-refractivity contribution in [2.24, 2.45) is 22.5 Å². The molecule has 0 bridgehead atoms. The summed E-state index contributed by atoms with van der Waals surface area (Å²) in [6, 6.07) is 8.87. The van der Waals surface area contributed by atoms with Crippen molar-refractivity contribution in [3.8, 4) is 0 Å². The quantitative estimate of drug-likeness (QED) is 0.911. The average molecular weight is 273 g/mol. The van der Waals surface area contributed by atoms with E-state index in [9.17, 15) is 0 Å². The molecular weight excluding hydrogens is 246 g/mol. The molecule has 0 radical (unpaired) electrons. The number of nitrogens with two attached hydrogens (primary N) is 1. The highest BCUT2D eigenvalue weighted by molar-refractivity contribution is 5.31. The van der Waals surface area contributed by atoms with Gasteiger partial charge in [-0.3, -0.25) is 0 Å². The summed E-state index contributed by atoms with van der Waals surface area (Å²) in [5, 5.41) is 0. The first-order valence-electron chi connectivity index (χ1n) is 7.80. The number of fused-ring (bicyclic) bond motifs is 1. The van der Waals surface area contributed by atoms with Gasteiger partial charge in [0.15, 0.2) is 0 Å². The lowest BCUT2D eigenvalue weighted by molar-refractivity contribution is 0.0295. The normalized spacial score (nSPS) is 28.8. The lowest BCUT2D eigenvalue weighted by atomic mass is 9.91. The zero-order valence-corrected chi connectivity index (χ0v) is 13.1. The minimum Gasteiger partial charge on any atom is -0.373 e. The molecule has 0 amide bonds. The Labute approximate surface area is 122 Å². The fraction of sp³-hybridized carbons (Fsp3) is 0.667. The van der Waals surface area contributed by atoms with Crippen molar-refractivity contribution in [2.45, 2.75) is 52.7 Å². The number of hydrogen-bond donors (Lipinski definition) is 1. The van der Waals surface area contributed by atoms with Crippen LogP contribution in [0.3, 0.4) is 0 Å². The van der Waals surface area contributed by atoms with E-state index < -0.39 is 0 Å². The van der Waals surface area contributed by atoms with Crippen LogP contribution >= 0.6 is 0 Å². The largest absolute Gasteiger partial charge is 0.373 e. The first-order chi connectivity index (χ1) is 9.35. The van der Waals surface area contributed by atoms with Crippen LogP contribution in [-0.4, -0.2) is 12.6 Å². The third-order valence-electron chi connectivity index (χ3n) is 6.14. The Bertz CT molecular complexity index is 492. The molecule has 2 nitrogen and oxygen atoms in total. The third-order valence-corrected chi connectivity index (χ3v) is 6.14. The molecule has 1 heterocycles. The molecular formula is C18H27NO. The highest BCUT2D eigenvalue weighted by Gasteiger charge is 2.66. The topological polar surface area (TPSA) is 35.2 Å². The SMILES string of the molecule is CC1(C)C(C(N)CC2OCCc3ccccc32)C1(C)C. The van der Waals surface area contributed by atoms with E-state index in [0.717, 1.165) is 19.4 Å². The van der Waals surface area contributed by atoms with Crippen LogP contribution in [0.1, 0.15) is 51.3 Å². The standard InChI is InChI=1S/C18H27NO/c1-17(2)16(18(17,3)4)14(19)11-15-13-8-6-5-7-12(13)9-10-20-15/h5-8,14-16H,9-11,19H2,1-4H3. The number of ether oxygens (including phenoxy) is 1. The summed E-state index contributed by atoms with van der Waals surface area (Å²) in [5.41, 5.74) is 10.0. The number of benzene rings is 1. The Morgan fingerprint density at radius 3 is 2.50 bits per heavy atom. The van der Waals surface area contributed by atoms with Crippen LogP contribution in [0.5, 0.6) is 0 Å². The van der Waals surface area contributed by atoms with Crippen LogP contribution in [0.4, 0.5) is 0 Å². The molecule has 3 rings (SSSR count). The molecule has 0 saturated heterocycles. The summed E-state index contributed by atoms with van der Waals surface area (Å²) < 4.78 is 6.01. The van der Waals surface area contributed by atoms with E-state index in [0.29, 0.717) is 16.7 Å². The maximum absolute atomic E-state index is 6.54. The van der Waals surface area contributed by atoms with E-state index in [1.165, 1.54) is 11.1 Å². The lowest BCUT2D eigenvalue weighted by Gasteiger charge is -2.28. The average Bonchev–Trinajstić information content (AvgIpc) is 2.80. The summed E-state index contributed by atoms with van der Waals surface area (Å²) >= 11 is 0. The van der Waals surface area contributed by atoms with Crippen LogP contribution < -0.4 is 5.73 Å². The van der Waals surface area contributed by atoms with Crippen LogP contribution in [0.25, 0.3) is 0 Å². The Morgan fingerprint density at radius 1 is 1.20 bits per heavy atom. The molecule has 0 aromatic heterocycles. The predicted molar refractivity (Wildman–Crippen MR) is 82.5 cm³/mol. The van der Waals surface area contributed by atoms with Gasteiger partial charge in [-0.1, -0.05) is 52.0 Å². The second-order valence-corrected chi connectivity index (χ2v) is 7.63. The van der Waals surface area contributed by atoms with E-state index >= 15 is 0 Å². The van der Waals surface area contributed by atoms with Crippen molar-refractivity contribution in [1.82, 2.24) is 0 Å². The minimum atomic E-state index is 0.183. The molecule has 2 atom stereocenters. The molecule has 1 aliphatic carbocycles. The molecule has 1 aliphatic heterocycles. The molecule has 1 fully saturated rings. The molecule has 2 N–H and O–H groups in total. The molecule has 2 unspecified atom stereocenters. The Hall–Kier alpha value is -0.860. The van der Waals surface area contributed by atoms with Gasteiger partial charge in [0.25, 0.3) is 0 Å². The zero-order chi connectivity index (χ0) is 14.5. The van der Waals surface area contributed by atoms with Crippen molar-refractivity contribution in [3.05, 3.63) is 35.4 Å². The fourth-order valence-corrected chi connectivity index (χ4v) is 4.37. The van der Waals surface area contributed by atoms with E-state index in [1.807, 2.05) is 0 Å². The Balaban J connectivity index is 1.74. The van der Waals surface area contributed by atoms with Gasteiger partial charge in [0.05, 0.1) is 12.7 Å². The summed E-state index contributed by atoms with van der Waals surface area (Å²) in [5.74, 6) is 0.590. The van der Waals surface area contributed by atoms with Crippen LogP contribution in [0, 0.1) is 16.7 Å². The molecule has 2 heteroatoms. The van der Waals surface area contributed by atoms with Gasteiger partial charge in [-0.15, -0.1) is 0 Å². The van der Waals surface area contributed by atoms with Gasteiger partial charge < -0.3 is 10.5 Å². The summed E-state index contributed by atoms with van der Waals surface area (Å²) in [6.07, 6.45) is 2.15. The molecule has 1 aromatic rings. The van der Waals surface area contributed by atoms with Gasteiger partial charge in [-0.05, 0) is 40.7 Å². The smallest absolute Gasteiger partial charge is 0.0842 e. The van der Waals surface area contributed by atoms with Gasteiger partial charge in [0.2, 0.25) is 0 Å². The van der Waals surface area contributed by atoms with Gasteiger partial charge in [-0.25, -0.2) is 0 Å². The summed E-state index contributed by atoms with van der Waals surface area (Å²) in [6.45, 7) is 10.2. The minimum absolute atomic E-state index is 0.183. The van der Waals surface area contributed by atoms with Crippen molar-refractivity contribution >= 4 is 0 Å². The fourth-order valence-electron chi connectivity index (χ4n) is 4.37. The molecule has 0 spiro atoms. The monoisotopic (exact) mass is 273 g/mol. The van der Waals surface area contributed by atoms with Gasteiger partial charge in [0, 0.05) is 6.04 Å². The molecule has 1 aromatic carbocycles. The predicted octanol–water partition coefficient (Wildman–Crippen LogP) is 3.70. The Morgan fingerprint density at radius 2 is 1.85 bits per heavy atom. The highest BCUT2D eigenvalue weighted by atomic mass is 16.5. The Kier molecular flexibility index (Phi) is 3.22. The summed E-state index contributed by atoms with van der Waals surface area (Å²) in [7, 11) is 0. The molecule has 110 valence electrons. The van der Waals surface area contributed by atoms with E-state index in [4.69, 9.17) is 10.5 Å². The van der Waals surface area contributed by atoms with Crippen LogP contribution in [0.15, 0.2) is 24.3 Å². The van der Waals surface area contributed by atoms with Crippen molar-refractivity contribution < 1.29 is 4.74 Å². The van der Waals surface area contributed by atoms with Crippen LogP contribution in [0.2, 0.25) is 0 Å².